The number of hydrogen-bond acceptors (Lipinski definition) is 6. The molecule has 0 spiro atoms. The number of nitrogens with one attached hydrogen (secondary N) is 4. The van der Waals surface area contributed by atoms with Crippen molar-refractivity contribution in [1.29, 1.82) is 0 Å². The average Bonchev–Trinajstić information content (AvgIpc) is 3.73. The molecule has 0 fully saturated rings. The van der Waals surface area contributed by atoms with Crippen molar-refractivity contribution in [1.82, 2.24) is 20.4 Å². The minimum Gasteiger partial charge on any atom is -0.309 e. The SMILES string of the molecule is CCCC(=O)Nc1n[nH]c2cc(-c3ccsc3)ccc12.O=C(Cc1cccs1)Nc1n[nH]c2cc(Cl)ccc12. The highest BCUT2D eigenvalue weighted by Crippen LogP contribution is 2.28. The van der Waals surface area contributed by atoms with Gasteiger partial charge in [-0.05, 0) is 76.2 Å². The summed E-state index contributed by atoms with van der Waals surface area (Å²) in [5.74, 6) is 1.07. The Bertz CT molecular complexity index is 1710. The quantitative estimate of drug-likeness (QED) is 0.157. The molecule has 2 amide bonds. The third-order valence-corrected chi connectivity index (χ3v) is 7.64. The van der Waals surface area contributed by atoms with Crippen molar-refractivity contribution in [2.75, 3.05) is 10.6 Å². The number of nitrogens with zero attached hydrogens (tertiary/aromatic N) is 2. The normalized spacial score (nSPS) is 10.8. The Morgan fingerprint density at radius 2 is 1.59 bits per heavy atom. The Morgan fingerprint density at radius 3 is 2.26 bits per heavy atom. The standard InChI is InChI=1S/C15H15N3OS.C13H10ClN3OS/c1-2-3-14(19)16-15-12-5-4-10(8-13(12)17-18-15)11-6-7-20-9-11;14-8-3-4-10-11(6-8)16-17-13(10)15-12(18)7-9-2-1-5-19-9/h4-9H,2-3H2,1H3,(H2,16,17,18,19);1-6H,7H2,(H2,15,16,17,18). The molecule has 0 aliphatic heterocycles. The van der Waals surface area contributed by atoms with E-state index in [4.69, 9.17) is 11.6 Å². The summed E-state index contributed by atoms with van der Waals surface area (Å²) in [4.78, 5) is 24.6. The molecule has 2 aromatic carbocycles. The number of hydrogen-bond donors (Lipinski definition) is 4. The Balaban J connectivity index is 0.000000158. The van der Waals surface area contributed by atoms with Crippen LogP contribution < -0.4 is 10.6 Å². The molecule has 0 aliphatic carbocycles. The van der Waals surface area contributed by atoms with Gasteiger partial charge in [0.2, 0.25) is 11.8 Å². The van der Waals surface area contributed by atoms with Crippen molar-refractivity contribution in [2.24, 2.45) is 0 Å². The van der Waals surface area contributed by atoms with Gasteiger partial charge in [-0.25, -0.2) is 0 Å². The van der Waals surface area contributed by atoms with Gasteiger partial charge in [-0.15, -0.1) is 11.3 Å². The molecule has 0 unspecified atom stereocenters. The Morgan fingerprint density at radius 1 is 0.872 bits per heavy atom. The maximum Gasteiger partial charge on any atom is 0.230 e. The van der Waals surface area contributed by atoms with Gasteiger partial charge in [-0.3, -0.25) is 19.8 Å². The summed E-state index contributed by atoms with van der Waals surface area (Å²) >= 11 is 9.13. The molecule has 4 heterocycles. The molecular weight excluding hydrogens is 552 g/mol. The fourth-order valence-electron chi connectivity index (χ4n) is 3.98. The van der Waals surface area contributed by atoms with Crippen molar-refractivity contribution in [3.05, 3.63) is 80.6 Å². The zero-order valence-corrected chi connectivity index (χ0v) is 23.3. The molecule has 0 bridgehead atoms. The number of aromatic amines is 2. The number of carbonyl (C=O) groups is 2. The average molecular weight is 577 g/mol. The second-order valence-electron chi connectivity index (χ2n) is 8.71. The van der Waals surface area contributed by atoms with Crippen LogP contribution in [0.4, 0.5) is 11.6 Å². The number of aromatic nitrogens is 4. The first-order chi connectivity index (χ1) is 19.0. The number of halogens is 1. The first kappa shape index (κ1) is 26.6. The number of thiophene rings is 2. The highest BCUT2D eigenvalue weighted by Gasteiger charge is 2.11. The highest BCUT2D eigenvalue weighted by atomic mass is 35.5. The molecule has 4 aromatic heterocycles. The van der Waals surface area contributed by atoms with E-state index in [0.717, 1.165) is 38.7 Å². The van der Waals surface area contributed by atoms with Crippen LogP contribution in [0.15, 0.2) is 70.7 Å². The number of amides is 2. The van der Waals surface area contributed by atoms with Gasteiger partial charge in [0.05, 0.1) is 17.5 Å². The number of fused-ring (bicyclic) bond motifs is 2. The number of H-pyrrole nitrogens is 2. The van der Waals surface area contributed by atoms with Gasteiger partial charge in [0.25, 0.3) is 0 Å². The van der Waals surface area contributed by atoms with E-state index >= 15 is 0 Å². The van der Waals surface area contributed by atoms with Crippen LogP contribution in [0.25, 0.3) is 32.9 Å². The lowest BCUT2D eigenvalue weighted by Gasteiger charge is -2.01. The second kappa shape index (κ2) is 12.2. The highest BCUT2D eigenvalue weighted by molar-refractivity contribution is 7.10. The van der Waals surface area contributed by atoms with Gasteiger partial charge in [-0.1, -0.05) is 30.7 Å². The summed E-state index contributed by atoms with van der Waals surface area (Å²) in [6.07, 6.45) is 1.71. The number of carbonyl (C=O) groups excluding carboxylic acids is 2. The lowest BCUT2D eigenvalue weighted by atomic mass is 10.1. The van der Waals surface area contributed by atoms with E-state index in [1.807, 2.05) is 36.6 Å². The Hall–Kier alpha value is -3.99. The van der Waals surface area contributed by atoms with Crippen LogP contribution in [0.5, 0.6) is 0 Å². The predicted molar refractivity (Wildman–Crippen MR) is 161 cm³/mol. The van der Waals surface area contributed by atoms with E-state index in [1.165, 1.54) is 5.56 Å². The zero-order chi connectivity index (χ0) is 27.2. The van der Waals surface area contributed by atoms with E-state index in [0.29, 0.717) is 29.5 Å². The van der Waals surface area contributed by atoms with Gasteiger partial charge in [0.15, 0.2) is 11.6 Å². The van der Waals surface area contributed by atoms with Crippen molar-refractivity contribution < 1.29 is 9.59 Å². The van der Waals surface area contributed by atoms with Crippen molar-refractivity contribution >= 4 is 79.5 Å². The number of rotatable bonds is 7. The molecule has 11 heteroatoms. The third kappa shape index (κ3) is 6.54. The fraction of sp³-hybridized carbons (Fsp3) is 0.143. The van der Waals surface area contributed by atoms with Crippen LogP contribution >= 0.6 is 34.3 Å². The summed E-state index contributed by atoms with van der Waals surface area (Å²) in [6.45, 7) is 1.98. The third-order valence-electron chi connectivity index (χ3n) is 5.85. The van der Waals surface area contributed by atoms with E-state index in [9.17, 15) is 9.59 Å². The summed E-state index contributed by atoms with van der Waals surface area (Å²) in [5, 5.41) is 28.3. The molecule has 6 aromatic rings. The minimum absolute atomic E-state index is 0.00260. The van der Waals surface area contributed by atoms with Crippen LogP contribution in [0, 0.1) is 0 Å². The van der Waals surface area contributed by atoms with Crippen LogP contribution in [0.1, 0.15) is 24.6 Å². The molecule has 6 rings (SSSR count). The minimum atomic E-state index is -0.0780. The van der Waals surface area contributed by atoms with Gasteiger partial charge in [0, 0.05) is 27.1 Å². The fourth-order valence-corrected chi connectivity index (χ4v) is 5.52. The molecule has 0 radical (unpaired) electrons. The van der Waals surface area contributed by atoms with Crippen molar-refractivity contribution in [3.8, 4) is 11.1 Å². The maximum absolute atomic E-state index is 11.9. The van der Waals surface area contributed by atoms with Gasteiger partial charge >= 0.3 is 0 Å². The van der Waals surface area contributed by atoms with Gasteiger partial charge in [-0.2, -0.15) is 21.5 Å². The molecule has 4 N–H and O–H groups in total. The molecule has 198 valence electrons. The van der Waals surface area contributed by atoms with Crippen LogP contribution in [0.3, 0.4) is 0 Å². The first-order valence-electron chi connectivity index (χ1n) is 12.3. The largest absolute Gasteiger partial charge is 0.309 e. The smallest absolute Gasteiger partial charge is 0.230 e. The van der Waals surface area contributed by atoms with E-state index in [2.05, 4.69) is 60.0 Å². The van der Waals surface area contributed by atoms with Crippen molar-refractivity contribution in [2.45, 2.75) is 26.2 Å². The van der Waals surface area contributed by atoms with Crippen molar-refractivity contribution in [3.63, 3.8) is 0 Å². The van der Waals surface area contributed by atoms with Crippen LogP contribution in [-0.2, 0) is 16.0 Å². The molecule has 39 heavy (non-hydrogen) atoms. The summed E-state index contributed by atoms with van der Waals surface area (Å²) in [5.41, 5.74) is 4.08. The molecule has 8 nitrogen and oxygen atoms in total. The summed E-state index contributed by atoms with van der Waals surface area (Å²) < 4.78 is 0. The number of benzene rings is 2. The Kier molecular flexibility index (Phi) is 8.36. The summed E-state index contributed by atoms with van der Waals surface area (Å²) in [6, 6.07) is 17.4. The molecule has 0 saturated carbocycles. The Labute approximate surface area is 237 Å². The monoisotopic (exact) mass is 576 g/mol. The zero-order valence-electron chi connectivity index (χ0n) is 21.0. The van der Waals surface area contributed by atoms with E-state index < -0.39 is 0 Å². The van der Waals surface area contributed by atoms with Crippen LogP contribution in [-0.4, -0.2) is 32.2 Å². The summed E-state index contributed by atoms with van der Waals surface area (Å²) in [7, 11) is 0. The van der Waals surface area contributed by atoms with Gasteiger partial charge < -0.3 is 10.6 Å². The molecule has 0 aliphatic rings. The van der Waals surface area contributed by atoms with E-state index in [-0.39, 0.29) is 11.8 Å². The molecule has 0 saturated heterocycles. The lowest BCUT2D eigenvalue weighted by Crippen LogP contribution is -2.14. The lowest BCUT2D eigenvalue weighted by molar-refractivity contribution is -0.116. The predicted octanol–water partition coefficient (Wildman–Crippen LogP) is 7.49. The van der Waals surface area contributed by atoms with Gasteiger partial charge in [0.1, 0.15) is 0 Å². The van der Waals surface area contributed by atoms with E-state index in [1.54, 1.807) is 34.8 Å². The topological polar surface area (TPSA) is 116 Å². The second-order valence-corrected chi connectivity index (χ2v) is 11.0. The van der Waals surface area contributed by atoms with Crippen LogP contribution in [0.2, 0.25) is 5.02 Å². The maximum atomic E-state index is 11.9. The molecular formula is C28H25ClN6O2S2. The number of anilines is 2. The first-order valence-corrected chi connectivity index (χ1v) is 14.5. The molecule has 0 atom stereocenters.